The second kappa shape index (κ2) is 10.5. The van der Waals surface area contributed by atoms with E-state index in [4.69, 9.17) is 14.4 Å². The summed E-state index contributed by atoms with van der Waals surface area (Å²) in [6.45, 7) is 0.856. The predicted octanol–water partition coefficient (Wildman–Crippen LogP) is 4.19. The Morgan fingerprint density at radius 1 is 0.720 bits per heavy atom. The van der Waals surface area contributed by atoms with Crippen molar-refractivity contribution in [2.24, 2.45) is 0 Å². The van der Waals surface area contributed by atoms with Crippen molar-refractivity contribution >= 4 is 8.25 Å². The van der Waals surface area contributed by atoms with Crippen molar-refractivity contribution in [2.45, 2.75) is 12.6 Å². The van der Waals surface area contributed by atoms with Gasteiger partial charge in [-0.3, -0.25) is 0 Å². The minimum Gasteiger partial charge on any atom is -0.302 e. The Morgan fingerprint density at radius 2 is 1.08 bits per heavy atom. The second-order valence-electron chi connectivity index (χ2n) is 5.37. The molecule has 0 amide bonds. The van der Waals surface area contributed by atoms with Gasteiger partial charge in [0.25, 0.3) is 0 Å². The van der Waals surface area contributed by atoms with Gasteiger partial charge in [0.05, 0.1) is 6.04 Å². The average Bonchev–Trinajstić information content (AvgIpc) is 2.64. The van der Waals surface area contributed by atoms with E-state index in [2.05, 4.69) is 96.3 Å². The van der Waals surface area contributed by atoms with Crippen LogP contribution in [0.5, 0.6) is 0 Å². The molecule has 0 aliphatic carbocycles. The number of rotatable bonds is 5. The molecule has 0 heterocycles. The summed E-state index contributed by atoms with van der Waals surface area (Å²) in [5, 5.41) is 3.67. The van der Waals surface area contributed by atoms with Gasteiger partial charge in [-0.1, -0.05) is 91.0 Å². The summed E-state index contributed by atoms with van der Waals surface area (Å²) in [5.74, 6) is 0. The largest absolute Gasteiger partial charge is 0.692 e. The lowest BCUT2D eigenvalue weighted by Crippen LogP contribution is -2.21. The van der Waals surface area contributed by atoms with Crippen LogP contribution in [0.1, 0.15) is 22.7 Å². The Hall–Kier alpha value is -2.36. The summed E-state index contributed by atoms with van der Waals surface area (Å²) < 4.78 is 8.70. The van der Waals surface area contributed by atoms with Crippen LogP contribution in [0.2, 0.25) is 0 Å². The van der Waals surface area contributed by atoms with E-state index in [0.29, 0.717) is 0 Å². The fourth-order valence-corrected chi connectivity index (χ4v) is 2.53. The molecule has 0 aliphatic rings. The van der Waals surface area contributed by atoms with Crippen LogP contribution in [0.3, 0.4) is 0 Å². The van der Waals surface area contributed by atoms with Crippen LogP contribution in [0, 0.1) is 0 Å². The van der Waals surface area contributed by atoms with Crippen molar-refractivity contribution in [1.82, 2.24) is 5.32 Å². The molecular formula is C20H21NO3P+. The zero-order valence-electron chi connectivity index (χ0n) is 13.7. The highest BCUT2D eigenvalue weighted by Gasteiger charge is 2.12. The van der Waals surface area contributed by atoms with Gasteiger partial charge < -0.3 is 5.32 Å². The molecule has 0 atom stereocenters. The molecule has 0 radical (unpaired) electrons. The highest BCUT2D eigenvalue weighted by atomic mass is 31.1. The molecule has 5 heteroatoms. The van der Waals surface area contributed by atoms with Crippen LogP contribution in [0.25, 0.3) is 0 Å². The number of hydrogen-bond donors (Lipinski definition) is 3. The first kappa shape index (κ1) is 19.0. The van der Waals surface area contributed by atoms with Gasteiger partial charge in [-0.05, 0) is 16.7 Å². The van der Waals surface area contributed by atoms with Crippen molar-refractivity contribution < 1.29 is 14.4 Å². The van der Waals surface area contributed by atoms with E-state index in [1.165, 1.54) is 16.7 Å². The molecule has 0 aliphatic heterocycles. The molecule has 0 fully saturated rings. The van der Waals surface area contributed by atoms with Gasteiger partial charge in [0.15, 0.2) is 0 Å². The standard InChI is InChI=1S/C20H19N.HO3P/c1-4-10-17(11-5-1)16-21-20(18-12-6-2-7-13-18)19-14-8-3-9-15-19;1-4(2)3/h1-15,20-21H,16H2;(H-,1,2,3)/p+1. The molecule has 128 valence electrons. The molecule has 0 saturated heterocycles. The molecule has 0 unspecified atom stereocenters. The summed E-state index contributed by atoms with van der Waals surface area (Å²) in [6.07, 6.45) is 0. The zero-order valence-corrected chi connectivity index (χ0v) is 14.6. The quantitative estimate of drug-likeness (QED) is 0.601. The Labute approximate surface area is 148 Å². The molecule has 0 saturated carbocycles. The first-order chi connectivity index (χ1) is 12.2. The van der Waals surface area contributed by atoms with Gasteiger partial charge in [-0.25, -0.2) is 0 Å². The van der Waals surface area contributed by atoms with E-state index in [1.54, 1.807) is 0 Å². The van der Waals surface area contributed by atoms with Crippen LogP contribution < -0.4 is 5.32 Å². The maximum absolute atomic E-state index is 8.70. The van der Waals surface area contributed by atoms with Crippen molar-refractivity contribution in [1.29, 1.82) is 0 Å². The van der Waals surface area contributed by atoms with Gasteiger partial charge in [0, 0.05) is 11.1 Å². The summed E-state index contributed by atoms with van der Waals surface area (Å²) in [6, 6.07) is 31.9. The molecule has 3 rings (SSSR count). The lowest BCUT2D eigenvalue weighted by molar-refractivity contribution is 0.405. The highest BCUT2D eigenvalue weighted by Crippen LogP contribution is 2.22. The molecule has 0 aromatic heterocycles. The molecule has 25 heavy (non-hydrogen) atoms. The normalized spacial score (nSPS) is 10.0. The van der Waals surface area contributed by atoms with Gasteiger partial charge in [-0.15, -0.1) is 9.79 Å². The minimum atomic E-state index is -2.87. The number of nitrogens with one attached hydrogen (secondary N) is 1. The van der Waals surface area contributed by atoms with E-state index in [9.17, 15) is 0 Å². The third kappa shape index (κ3) is 6.96. The smallest absolute Gasteiger partial charge is 0.302 e. The monoisotopic (exact) mass is 354 g/mol. The Morgan fingerprint density at radius 3 is 1.48 bits per heavy atom. The molecule has 4 nitrogen and oxygen atoms in total. The summed E-state index contributed by atoms with van der Waals surface area (Å²) >= 11 is 0. The van der Waals surface area contributed by atoms with Crippen LogP contribution in [-0.4, -0.2) is 9.79 Å². The maximum Gasteiger partial charge on any atom is 0.692 e. The minimum absolute atomic E-state index is 0.215. The predicted molar refractivity (Wildman–Crippen MR) is 100 cm³/mol. The van der Waals surface area contributed by atoms with Gasteiger partial charge in [-0.2, -0.15) is 0 Å². The molecule has 0 spiro atoms. The van der Waals surface area contributed by atoms with E-state index >= 15 is 0 Å². The Balaban J connectivity index is 0.000000511. The SMILES string of the molecule is O=[P+](O)O.c1ccc(CNC(c2ccccc2)c2ccccc2)cc1. The molecule has 0 bridgehead atoms. The fourth-order valence-electron chi connectivity index (χ4n) is 2.53. The Bertz CT molecular complexity index is 708. The van der Waals surface area contributed by atoms with Crippen LogP contribution >= 0.6 is 8.25 Å². The third-order valence-corrected chi connectivity index (χ3v) is 3.62. The molecular weight excluding hydrogens is 333 g/mol. The summed E-state index contributed by atoms with van der Waals surface area (Å²) in [5.41, 5.74) is 3.88. The molecule has 3 N–H and O–H groups in total. The van der Waals surface area contributed by atoms with Crippen molar-refractivity contribution in [2.75, 3.05) is 0 Å². The third-order valence-electron chi connectivity index (χ3n) is 3.62. The highest BCUT2D eigenvalue weighted by molar-refractivity contribution is 7.30. The van der Waals surface area contributed by atoms with Gasteiger partial charge in [0.1, 0.15) is 0 Å². The van der Waals surface area contributed by atoms with Crippen LogP contribution in [-0.2, 0) is 11.1 Å². The average molecular weight is 354 g/mol. The van der Waals surface area contributed by atoms with E-state index in [-0.39, 0.29) is 6.04 Å². The topological polar surface area (TPSA) is 69.6 Å². The van der Waals surface area contributed by atoms with E-state index in [0.717, 1.165) is 6.54 Å². The number of benzene rings is 3. The Kier molecular flexibility index (Phi) is 7.96. The zero-order chi connectivity index (χ0) is 17.9. The van der Waals surface area contributed by atoms with Gasteiger partial charge >= 0.3 is 8.25 Å². The van der Waals surface area contributed by atoms with Crippen molar-refractivity contribution in [3.8, 4) is 0 Å². The lowest BCUT2D eigenvalue weighted by Gasteiger charge is -2.20. The number of hydrogen-bond acceptors (Lipinski definition) is 2. The van der Waals surface area contributed by atoms with Crippen molar-refractivity contribution in [3.63, 3.8) is 0 Å². The van der Waals surface area contributed by atoms with E-state index < -0.39 is 8.25 Å². The second-order valence-corrected chi connectivity index (χ2v) is 5.88. The maximum atomic E-state index is 8.70. The van der Waals surface area contributed by atoms with E-state index in [1.807, 2.05) is 0 Å². The van der Waals surface area contributed by atoms with Crippen molar-refractivity contribution in [3.05, 3.63) is 108 Å². The van der Waals surface area contributed by atoms with Crippen LogP contribution in [0.4, 0.5) is 0 Å². The van der Waals surface area contributed by atoms with Crippen LogP contribution in [0.15, 0.2) is 91.0 Å². The first-order valence-electron chi connectivity index (χ1n) is 7.89. The molecule has 3 aromatic rings. The summed E-state index contributed by atoms with van der Waals surface area (Å²) in [7, 11) is -2.87. The fraction of sp³-hybridized carbons (Fsp3) is 0.100. The van der Waals surface area contributed by atoms with Gasteiger partial charge in [0.2, 0.25) is 0 Å². The first-order valence-corrected chi connectivity index (χ1v) is 9.05. The lowest BCUT2D eigenvalue weighted by atomic mass is 9.98. The summed E-state index contributed by atoms with van der Waals surface area (Å²) in [4.78, 5) is 14.2. The molecule has 3 aromatic carbocycles.